The molecule has 306 valence electrons. The van der Waals surface area contributed by atoms with E-state index in [-0.39, 0.29) is 45.7 Å². The highest BCUT2D eigenvalue weighted by Gasteiger charge is 2.50. The lowest BCUT2D eigenvalue weighted by Gasteiger charge is -2.38. The molecule has 6 N–H and O–H groups in total. The molecule has 1 aromatic rings. The van der Waals surface area contributed by atoms with Crippen LogP contribution in [0.5, 0.6) is 5.75 Å². The van der Waals surface area contributed by atoms with Crippen LogP contribution in [0.25, 0.3) is 0 Å². The van der Waals surface area contributed by atoms with Gasteiger partial charge in [-0.1, -0.05) is 54.8 Å². The monoisotopic (exact) mass is 814 g/mol. The molecule has 0 bridgehead atoms. The van der Waals surface area contributed by atoms with E-state index >= 15 is 0 Å². The Bertz CT molecular complexity index is 1990. The fraction of sp³-hybridized carbons (Fsp3) is 0.513. The fourth-order valence-electron chi connectivity index (χ4n) is 6.70. The van der Waals surface area contributed by atoms with Gasteiger partial charge in [0.1, 0.15) is 5.75 Å². The van der Waals surface area contributed by atoms with E-state index in [1.165, 1.54) is 30.4 Å². The molecular formula is C39H54N6O9S2. The van der Waals surface area contributed by atoms with Crippen LogP contribution in [0.1, 0.15) is 95.8 Å². The summed E-state index contributed by atoms with van der Waals surface area (Å²) in [7, 11) is -3.46. The first-order valence-electron chi connectivity index (χ1n) is 18.6. The van der Waals surface area contributed by atoms with Gasteiger partial charge in [0.25, 0.3) is 17.0 Å². The molecule has 0 spiro atoms. The summed E-state index contributed by atoms with van der Waals surface area (Å²) < 4.78 is 41.1. The molecule has 1 unspecified atom stereocenters. The van der Waals surface area contributed by atoms with Crippen LogP contribution in [0.4, 0.5) is 0 Å². The lowest BCUT2D eigenvalue weighted by molar-refractivity contribution is -0.161. The number of nitrogens with zero attached hydrogens (tertiary/aromatic N) is 3. The number of β-lactam (4-membered cyclic amide) rings is 1. The zero-order valence-electron chi connectivity index (χ0n) is 33.0. The first kappa shape index (κ1) is 44.1. The van der Waals surface area contributed by atoms with E-state index in [4.69, 9.17) is 27.5 Å². The maximum atomic E-state index is 13.6. The number of carbonyl (C=O) groups is 3. The van der Waals surface area contributed by atoms with E-state index in [2.05, 4.69) is 55.3 Å². The van der Waals surface area contributed by atoms with Gasteiger partial charge in [0.2, 0.25) is 5.60 Å². The number of likely N-dealkylation sites (N-methyl/N-ethyl adjacent to an activating group) is 1. The van der Waals surface area contributed by atoms with E-state index in [1.807, 2.05) is 12.1 Å². The smallest absolute Gasteiger partial charge is 0.366 e. The Morgan fingerprint density at radius 2 is 1.98 bits per heavy atom. The number of hydrogen-bond acceptors (Lipinski definition) is 11. The van der Waals surface area contributed by atoms with Crippen molar-refractivity contribution >= 4 is 51.2 Å². The van der Waals surface area contributed by atoms with Crippen LogP contribution in [-0.2, 0) is 35.9 Å². The van der Waals surface area contributed by atoms with E-state index < -0.39 is 51.1 Å². The lowest BCUT2D eigenvalue weighted by atomic mass is 9.75. The predicted octanol–water partition coefficient (Wildman–Crippen LogP) is 4.75. The molecule has 1 saturated heterocycles. The number of carbonyl (C=O) groups excluding carboxylic acids is 2. The summed E-state index contributed by atoms with van der Waals surface area (Å²) in [6.07, 6.45) is 13.4. The van der Waals surface area contributed by atoms with Gasteiger partial charge in [-0.25, -0.2) is 4.79 Å². The second-order valence-electron chi connectivity index (χ2n) is 15.3. The highest BCUT2D eigenvalue weighted by molar-refractivity contribution is 7.84. The van der Waals surface area contributed by atoms with Crippen LogP contribution in [0.2, 0.25) is 0 Å². The first-order chi connectivity index (χ1) is 26.1. The molecule has 2 amide bonds. The van der Waals surface area contributed by atoms with E-state index in [0.717, 1.165) is 55.2 Å². The van der Waals surface area contributed by atoms with Gasteiger partial charge in [0.15, 0.2) is 11.8 Å². The van der Waals surface area contributed by atoms with Crippen molar-refractivity contribution in [2.75, 3.05) is 13.6 Å². The van der Waals surface area contributed by atoms with Crippen molar-refractivity contribution in [3.63, 3.8) is 0 Å². The molecule has 1 aromatic carbocycles. The topological polar surface area (TPSA) is 213 Å². The molecule has 3 aliphatic rings. The normalized spacial score (nSPS) is 23.4. The second kappa shape index (κ2) is 17.7. The molecule has 2 aliphatic heterocycles. The minimum absolute atomic E-state index is 0.0210. The van der Waals surface area contributed by atoms with Crippen LogP contribution in [0, 0.1) is 12.8 Å². The third kappa shape index (κ3) is 10.4. The van der Waals surface area contributed by atoms with Crippen LogP contribution in [-0.4, -0.2) is 86.9 Å². The molecule has 0 aromatic heterocycles. The highest BCUT2D eigenvalue weighted by Crippen LogP contribution is 2.43. The van der Waals surface area contributed by atoms with Crippen molar-refractivity contribution < 1.29 is 42.0 Å². The number of oxime groups is 1. The number of thiocarbonyl (C=S) groups is 1. The van der Waals surface area contributed by atoms with Crippen LogP contribution in [0.15, 0.2) is 65.1 Å². The third-order valence-corrected chi connectivity index (χ3v) is 11.2. The van der Waals surface area contributed by atoms with Crippen molar-refractivity contribution in [2.45, 2.75) is 110 Å². The second-order valence-corrected chi connectivity index (χ2v) is 16.9. The minimum atomic E-state index is -5.08. The number of benzene rings is 1. The Morgan fingerprint density at radius 1 is 1.29 bits per heavy atom. The lowest BCUT2D eigenvalue weighted by Crippen LogP contribution is -2.64. The molecule has 0 saturated carbocycles. The molecule has 2 heterocycles. The summed E-state index contributed by atoms with van der Waals surface area (Å²) in [6, 6.07) is 2.66. The molecule has 4 atom stereocenters. The van der Waals surface area contributed by atoms with Gasteiger partial charge in [-0.05, 0) is 102 Å². The summed E-state index contributed by atoms with van der Waals surface area (Å²) in [6.45, 7) is 14.4. The van der Waals surface area contributed by atoms with Crippen molar-refractivity contribution in [2.24, 2.45) is 16.8 Å². The van der Waals surface area contributed by atoms with Gasteiger partial charge in [-0.3, -0.25) is 14.1 Å². The van der Waals surface area contributed by atoms with Crippen molar-refractivity contribution in [1.82, 2.24) is 19.8 Å². The Kier molecular flexibility index (Phi) is 13.9. The number of allylic oxidation sites excluding steroid dienone is 3. The van der Waals surface area contributed by atoms with Crippen molar-refractivity contribution in [3.05, 3.63) is 76.7 Å². The number of aliphatic carboxylic acids is 1. The van der Waals surface area contributed by atoms with Crippen LogP contribution in [0.3, 0.4) is 0 Å². The highest BCUT2D eigenvalue weighted by atomic mass is 32.2. The Hall–Kier alpha value is -4.58. The standard InChI is InChI=1S/C39H54N6O9S2/c1-9-11-12-13-25-21-24(4)31(27-20-23(3)14-15-26(27)10-2)30(22-25)53-37(55)44(8)19-17-29-33(35(47)45(29)56(50,51)52)41-34(46)32(28-16-18-39(7,40)42-28)43-54-38(5,6)36(48)49/h10,16-17,20-22,26-27,33,42H,2,9,11-15,18-19,40H2,1,3-8H3,(H,41,46)(H,48,49)(H,50,51,52)/b29-17+,43-32-/t26-,27-,33+,39?/m1/s1. The number of carboxylic acids is 1. The number of amides is 2. The van der Waals surface area contributed by atoms with Gasteiger partial charge < -0.3 is 35.9 Å². The first-order valence-corrected chi connectivity index (χ1v) is 20.4. The summed E-state index contributed by atoms with van der Waals surface area (Å²) in [5.41, 5.74) is 7.19. The third-order valence-electron chi connectivity index (χ3n) is 9.98. The predicted molar refractivity (Wildman–Crippen MR) is 217 cm³/mol. The Morgan fingerprint density at radius 3 is 2.57 bits per heavy atom. The maximum Gasteiger partial charge on any atom is 0.366 e. The van der Waals surface area contributed by atoms with Crippen LogP contribution >= 0.6 is 12.2 Å². The quantitative estimate of drug-likeness (QED) is 0.0290. The number of rotatable bonds is 16. The maximum absolute atomic E-state index is 13.6. The SMILES string of the molecule is C=C[C@@H]1CCC(C)=C[C@H]1c1c(C)cc(CCCCC)cc1OC(=S)N(C)C/C=C1\[C@H](NC(=O)/C(=N\OC(C)(C)C(=O)O)C2=CCC(C)(N)N2)C(=O)N1S(=O)(=O)O. The zero-order chi connectivity index (χ0) is 41.7. The number of unbranched alkanes of at least 4 members (excludes halogenated alkanes) is 2. The van der Waals surface area contributed by atoms with Crippen molar-refractivity contribution in [3.8, 4) is 5.75 Å². The number of ether oxygens (including phenoxy) is 1. The number of carboxylic acid groups (broad SMARTS) is 1. The molecular weight excluding hydrogens is 761 g/mol. The molecule has 15 nitrogen and oxygen atoms in total. The Labute approximate surface area is 334 Å². The number of aryl methyl sites for hydroxylation is 2. The van der Waals surface area contributed by atoms with Gasteiger partial charge in [0.05, 0.1) is 17.1 Å². The summed E-state index contributed by atoms with van der Waals surface area (Å²) in [5, 5.41) is 18.7. The van der Waals surface area contributed by atoms with Gasteiger partial charge in [0, 0.05) is 31.5 Å². The van der Waals surface area contributed by atoms with Gasteiger partial charge in [-0.15, -0.1) is 6.58 Å². The molecule has 17 heteroatoms. The van der Waals surface area contributed by atoms with Crippen molar-refractivity contribution in [1.29, 1.82) is 0 Å². The molecule has 56 heavy (non-hydrogen) atoms. The summed E-state index contributed by atoms with van der Waals surface area (Å²) in [4.78, 5) is 45.1. The average molecular weight is 815 g/mol. The molecule has 1 aliphatic carbocycles. The largest absolute Gasteiger partial charge is 0.478 e. The fourth-order valence-corrected chi connectivity index (χ4v) is 7.64. The van der Waals surface area contributed by atoms with Gasteiger partial charge >= 0.3 is 16.3 Å². The molecule has 4 rings (SSSR count). The zero-order valence-corrected chi connectivity index (χ0v) is 34.7. The molecule has 0 radical (unpaired) electrons. The van der Waals surface area contributed by atoms with E-state index in [9.17, 15) is 32.5 Å². The molecule has 1 fully saturated rings. The van der Waals surface area contributed by atoms with Crippen LogP contribution < -0.4 is 21.1 Å². The minimum Gasteiger partial charge on any atom is -0.478 e. The number of nitrogens with one attached hydrogen (secondary N) is 2. The summed E-state index contributed by atoms with van der Waals surface area (Å²) in [5.74, 6) is -2.70. The Balaban J connectivity index is 1.62. The summed E-state index contributed by atoms with van der Waals surface area (Å²) >= 11 is 5.74. The average Bonchev–Trinajstić information content (AvgIpc) is 3.46. The van der Waals surface area contributed by atoms with E-state index in [1.54, 1.807) is 20.0 Å². The van der Waals surface area contributed by atoms with E-state index in [0.29, 0.717) is 5.75 Å². The van der Waals surface area contributed by atoms with Gasteiger partial charge in [-0.2, -0.15) is 12.7 Å². The number of nitrogens with two attached hydrogens (primary N) is 1. The number of hydrogen-bond donors (Lipinski definition) is 5.